The van der Waals surface area contributed by atoms with Crippen molar-refractivity contribution in [3.8, 4) is 0 Å². The van der Waals surface area contributed by atoms with Gasteiger partial charge in [0.2, 0.25) is 0 Å². The van der Waals surface area contributed by atoms with Gasteiger partial charge in [-0.3, -0.25) is 0 Å². The van der Waals surface area contributed by atoms with E-state index in [2.05, 4.69) is 45.4 Å². The predicted molar refractivity (Wildman–Crippen MR) is 91.1 cm³/mol. The Morgan fingerprint density at radius 1 is 0.955 bits per heavy atom. The number of nitrogens with zero attached hydrogens (tertiary/aromatic N) is 2. The van der Waals surface area contributed by atoms with Gasteiger partial charge in [-0.15, -0.1) is 0 Å². The molecule has 3 heteroatoms. The molecule has 0 aromatic heterocycles. The number of rotatable bonds is 5. The first kappa shape index (κ1) is 14.7. The summed E-state index contributed by atoms with van der Waals surface area (Å²) < 4.78 is 0. The van der Waals surface area contributed by atoms with Crippen LogP contribution < -0.4 is 5.32 Å². The molecule has 3 atom stereocenters. The Bertz CT molecular complexity index is 467. The number of benzene rings is 1. The van der Waals surface area contributed by atoms with Gasteiger partial charge >= 0.3 is 0 Å². The SMILES string of the molecule is c1ccc(CCN2CCN(CC3CC4CCC3N4)CC2)cc1. The van der Waals surface area contributed by atoms with Crippen LogP contribution in [0.1, 0.15) is 24.8 Å². The van der Waals surface area contributed by atoms with E-state index in [9.17, 15) is 0 Å². The Morgan fingerprint density at radius 2 is 1.73 bits per heavy atom. The number of nitrogens with one attached hydrogen (secondary N) is 1. The molecule has 3 fully saturated rings. The van der Waals surface area contributed by atoms with Gasteiger partial charge in [-0.05, 0) is 37.2 Å². The van der Waals surface area contributed by atoms with Crippen LogP contribution >= 0.6 is 0 Å². The fourth-order valence-corrected chi connectivity index (χ4v) is 4.60. The Morgan fingerprint density at radius 3 is 2.41 bits per heavy atom. The van der Waals surface area contributed by atoms with Crippen molar-refractivity contribution in [2.24, 2.45) is 5.92 Å². The number of piperazine rings is 1. The summed E-state index contributed by atoms with van der Waals surface area (Å²) in [5.74, 6) is 0.926. The molecule has 0 spiro atoms. The first-order chi connectivity index (χ1) is 10.9. The minimum Gasteiger partial charge on any atom is -0.311 e. The molecule has 1 aromatic rings. The topological polar surface area (TPSA) is 18.5 Å². The first-order valence-electron chi connectivity index (χ1n) is 9.11. The van der Waals surface area contributed by atoms with Crippen molar-refractivity contribution < 1.29 is 0 Å². The molecule has 4 rings (SSSR count). The molecule has 2 bridgehead atoms. The third kappa shape index (κ3) is 3.37. The molecule has 3 aliphatic heterocycles. The fourth-order valence-electron chi connectivity index (χ4n) is 4.60. The number of hydrogen-bond donors (Lipinski definition) is 1. The van der Waals surface area contributed by atoms with Crippen LogP contribution in [0.4, 0.5) is 0 Å². The Hall–Kier alpha value is -0.900. The smallest absolute Gasteiger partial charge is 0.0111 e. The van der Waals surface area contributed by atoms with Crippen molar-refractivity contribution in [2.75, 3.05) is 39.3 Å². The minimum atomic E-state index is 0.834. The maximum atomic E-state index is 3.78. The molecule has 0 aliphatic carbocycles. The molecule has 3 unspecified atom stereocenters. The van der Waals surface area contributed by atoms with E-state index in [0.29, 0.717) is 0 Å². The highest BCUT2D eigenvalue weighted by molar-refractivity contribution is 5.14. The third-order valence-corrected chi connectivity index (χ3v) is 5.95. The molecule has 1 N–H and O–H groups in total. The zero-order chi connectivity index (χ0) is 14.8. The van der Waals surface area contributed by atoms with Gasteiger partial charge in [0.25, 0.3) is 0 Å². The zero-order valence-corrected chi connectivity index (χ0v) is 13.6. The molecule has 0 radical (unpaired) electrons. The lowest BCUT2D eigenvalue weighted by Gasteiger charge is -2.37. The highest BCUT2D eigenvalue weighted by Crippen LogP contribution is 2.33. The second-order valence-corrected chi connectivity index (χ2v) is 7.42. The van der Waals surface area contributed by atoms with Crippen molar-refractivity contribution in [1.29, 1.82) is 0 Å². The van der Waals surface area contributed by atoms with Gasteiger partial charge in [-0.1, -0.05) is 30.3 Å². The van der Waals surface area contributed by atoms with Crippen LogP contribution in [0.3, 0.4) is 0 Å². The summed E-state index contributed by atoms with van der Waals surface area (Å²) in [4.78, 5) is 5.36. The van der Waals surface area contributed by atoms with Crippen molar-refractivity contribution in [1.82, 2.24) is 15.1 Å². The van der Waals surface area contributed by atoms with Crippen LogP contribution in [0.5, 0.6) is 0 Å². The summed E-state index contributed by atoms with van der Waals surface area (Å²) in [6.45, 7) is 7.59. The second kappa shape index (κ2) is 6.69. The summed E-state index contributed by atoms with van der Waals surface area (Å²) >= 11 is 0. The molecule has 3 saturated heterocycles. The summed E-state index contributed by atoms with van der Waals surface area (Å²) in [5.41, 5.74) is 1.47. The zero-order valence-electron chi connectivity index (χ0n) is 13.6. The average Bonchev–Trinajstić information content (AvgIpc) is 3.18. The lowest BCUT2D eigenvalue weighted by molar-refractivity contribution is 0.113. The summed E-state index contributed by atoms with van der Waals surface area (Å²) in [7, 11) is 0. The number of hydrogen-bond acceptors (Lipinski definition) is 3. The van der Waals surface area contributed by atoms with Crippen molar-refractivity contribution in [3.05, 3.63) is 35.9 Å². The van der Waals surface area contributed by atoms with E-state index < -0.39 is 0 Å². The molecule has 0 amide bonds. The summed E-state index contributed by atoms with van der Waals surface area (Å²) in [5, 5.41) is 3.78. The van der Waals surface area contributed by atoms with Gasteiger partial charge < -0.3 is 15.1 Å². The maximum Gasteiger partial charge on any atom is 0.0111 e. The monoisotopic (exact) mass is 299 g/mol. The normalized spacial score (nSPS) is 32.6. The standard InChI is InChI=1S/C19H29N3/c1-2-4-16(5-3-1)8-9-21-10-12-22(13-11-21)15-17-14-18-6-7-19(17)20-18/h1-5,17-20H,6-15H2. The summed E-state index contributed by atoms with van der Waals surface area (Å²) in [6.07, 6.45) is 5.47. The Balaban J connectivity index is 1.18. The van der Waals surface area contributed by atoms with Gasteiger partial charge in [-0.25, -0.2) is 0 Å². The number of fused-ring (bicyclic) bond motifs is 2. The highest BCUT2D eigenvalue weighted by atomic mass is 15.3. The highest BCUT2D eigenvalue weighted by Gasteiger charge is 2.39. The minimum absolute atomic E-state index is 0.834. The van der Waals surface area contributed by atoms with Gasteiger partial charge in [0.1, 0.15) is 0 Å². The molecule has 120 valence electrons. The molecule has 0 saturated carbocycles. The van der Waals surface area contributed by atoms with Gasteiger partial charge in [0, 0.05) is 51.4 Å². The van der Waals surface area contributed by atoms with Crippen LogP contribution in [0.25, 0.3) is 0 Å². The first-order valence-corrected chi connectivity index (χ1v) is 9.11. The third-order valence-electron chi connectivity index (χ3n) is 5.95. The Kier molecular flexibility index (Phi) is 4.47. The van der Waals surface area contributed by atoms with E-state index in [0.717, 1.165) is 18.0 Å². The molecule has 3 nitrogen and oxygen atoms in total. The predicted octanol–water partition coefficient (Wildman–Crippen LogP) is 1.99. The van der Waals surface area contributed by atoms with Gasteiger partial charge in [0.15, 0.2) is 0 Å². The van der Waals surface area contributed by atoms with Crippen LogP contribution in [0, 0.1) is 5.92 Å². The molecule has 1 aromatic carbocycles. The van der Waals surface area contributed by atoms with E-state index in [1.54, 1.807) is 0 Å². The van der Waals surface area contributed by atoms with E-state index in [1.165, 1.54) is 70.5 Å². The molecular weight excluding hydrogens is 270 g/mol. The maximum absolute atomic E-state index is 3.78. The van der Waals surface area contributed by atoms with Crippen LogP contribution in [-0.4, -0.2) is 61.2 Å². The average molecular weight is 299 g/mol. The van der Waals surface area contributed by atoms with Crippen molar-refractivity contribution >= 4 is 0 Å². The Labute approximate surface area is 134 Å². The van der Waals surface area contributed by atoms with E-state index in [-0.39, 0.29) is 0 Å². The molecular formula is C19H29N3. The van der Waals surface area contributed by atoms with Crippen molar-refractivity contribution in [3.63, 3.8) is 0 Å². The van der Waals surface area contributed by atoms with Crippen molar-refractivity contribution in [2.45, 2.75) is 37.8 Å². The van der Waals surface area contributed by atoms with Crippen LogP contribution in [-0.2, 0) is 6.42 Å². The molecule has 22 heavy (non-hydrogen) atoms. The quantitative estimate of drug-likeness (QED) is 0.897. The van der Waals surface area contributed by atoms with E-state index in [1.807, 2.05) is 0 Å². The lowest BCUT2D eigenvalue weighted by Crippen LogP contribution is -2.49. The lowest BCUT2D eigenvalue weighted by atomic mass is 9.88. The second-order valence-electron chi connectivity index (χ2n) is 7.42. The van der Waals surface area contributed by atoms with Gasteiger partial charge in [-0.2, -0.15) is 0 Å². The van der Waals surface area contributed by atoms with Crippen LogP contribution in [0.2, 0.25) is 0 Å². The van der Waals surface area contributed by atoms with Crippen LogP contribution in [0.15, 0.2) is 30.3 Å². The largest absolute Gasteiger partial charge is 0.311 e. The molecule has 3 aliphatic rings. The molecule has 3 heterocycles. The van der Waals surface area contributed by atoms with E-state index in [4.69, 9.17) is 0 Å². The fraction of sp³-hybridized carbons (Fsp3) is 0.684. The van der Waals surface area contributed by atoms with Gasteiger partial charge in [0.05, 0.1) is 0 Å². The summed E-state index contributed by atoms with van der Waals surface area (Å²) in [6, 6.07) is 12.6. The van der Waals surface area contributed by atoms with E-state index >= 15 is 0 Å².